The Kier molecular flexibility index (Phi) is 10.6. The van der Waals surface area contributed by atoms with Crippen LogP contribution in [0.1, 0.15) is 41.7 Å². The Morgan fingerprint density at radius 2 is 1.34 bits per heavy atom. The van der Waals surface area contributed by atoms with Crippen LogP contribution in [0.3, 0.4) is 0 Å². The molecule has 0 saturated heterocycles. The number of benzene rings is 4. The van der Waals surface area contributed by atoms with E-state index in [0.29, 0.717) is 5.69 Å². The van der Waals surface area contributed by atoms with Gasteiger partial charge in [0.15, 0.2) is 0 Å². The molecule has 7 nitrogen and oxygen atoms in total. The summed E-state index contributed by atoms with van der Waals surface area (Å²) in [5, 5.41) is 2.98. The number of carbonyl (C=O) groups is 2. The Morgan fingerprint density at radius 3 is 1.91 bits per heavy atom. The van der Waals surface area contributed by atoms with Gasteiger partial charge in [0.05, 0.1) is 10.6 Å². The summed E-state index contributed by atoms with van der Waals surface area (Å²) in [6.07, 6.45) is 0.270. The quantitative estimate of drug-likeness (QED) is 0.214. The summed E-state index contributed by atoms with van der Waals surface area (Å²) < 4.78 is 29.5. The van der Waals surface area contributed by atoms with Gasteiger partial charge in [-0.2, -0.15) is 0 Å². The number of nitrogens with zero attached hydrogens (tertiary/aromatic N) is 2. The number of hydrogen-bond donors (Lipinski definition) is 1. The molecule has 0 saturated carbocycles. The van der Waals surface area contributed by atoms with Crippen LogP contribution in [0.25, 0.3) is 0 Å². The van der Waals surface area contributed by atoms with Crippen LogP contribution in [-0.2, 0) is 32.6 Å². The lowest BCUT2D eigenvalue weighted by Crippen LogP contribution is -2.54. The molecule has 0 bridgehead atoms. The summed E-state index contributed by atoms with van der Waals surface area (Å²) in [6.45, 7) is 9.14. The summed E-state index contributed by atoms with van der Waals surface area (Å²) in [5.41, 5.74) is 4.93. The van der Waals surface area contributed by atoms with E-state index in [1.165, 1.54) is 4.90 Å². The van der Waals surface area contributed by atoms with Crippen molar-refractivity contribution in [1.82, 2.24) is 10.2 Å². The number of carbonyl (C=O) groups excluding carboxylic acids is 2. The Labute approximate surface area is 261 Å². The maximum atomic E-state index is 14.5. The SMILES string of the molecule is Cc1ccc(S(=O)(=O)N(CC(=O)N(Cc2ccccc2)C(Cc2ccccc2)C(=O)NC(C)C)c2ccc(C)c(C)c2)cc1. The minimum absolute atomic E-state index is 0.0853. The first kappa shape index (κ1) is 32.5. The number of aryl methyl sites for hydroxylation is 3. The third-order valence-electron chi connectivity index (χ3n) is 7.56. The van der Waals surface area contributed by atoms with Crippen LogP contribution in [0, 0.1) is 20.8 Å². The van der Waals surface area contributed by atoms with E-state index in [-0.39, 0.29) is 29.8 Å². The smallest absolute Gasteiger partial charge is 0.264 e. The van der Waals surface area contributed by atoms with E-state index in [9.17, 15) is 18.0 Å². The van der Waals surface area contributed by atoms with E-state index in [4.69, 9.17) is 0 Å². The summed E-state index contributed by atoms with van der Waals surface area (Å²) in [4.78, 5) is 29.8. The predicted molar refractivity (Wildman–Crippen MR) is 176 cm³/mol. The van der Waals surface area contributed by atoms with Gasteiger partial charge in [0.2, 0.25) is 11.8 Å². The van der Waals surface area contributed by atoms with Crippen molar-refractivity contribution < 1.29 is 18.0 Å². The van der Waals surface area contributed by atoms with Gasteiger partial charge in [-0.3, -0.25) is 13.9 Å². The molecule has 1 N–H and O–H groups in total. The molecule has 1 unspecified atom stereocenters. The zero-order valence-electron chi connectivity index (χ0n) is 26.0. The normalized spacial score (nSPS) is 12.0. The third-order valence-corrected chi connectivity index (χ3v) is 9.35. The van der Waals surface area contributed by atoms with Gasteiger partial charge in [-0.1, -0.05) is 84.4 Å². The van der Waals surface area contributed by atoms with E-state index in [1.54, 1.807) is 36.4 Å². The van der Waals surface area contributed by atoms with Crippen molar-refractivity contribution in [3.63, 3.8) is 0 Å². The van der Waals surface area contributed by atoms with Gasteiger partial charge >= 0.3 is 0 Å². The number of sulfonamides is 1. The van der Waals surface area contributed by atoms with E-state index < -0.39 is 28.5 Å². The highest BCUT2D eigenvalue weighted by Crippen LogP contribution is 2.27. The van der Waals surface area contributed by atoms with Gasteiger partial charge in [-0.25, -0.2) is 8.42 Å². The molecule has 4 rings (SSSR count). The molecular weight excluding hydrogens is 570 g/mol. The number of rotatable bonds is 12. The van der Waals surface area contributed by atoms with Crippen molar-refractivity contribution in [2.75, 3.05) is 10.8 Å². The molecule has 2 amide bonds. The number of amides is 2. The van der Waals surface area contributed by atoms with Crippen molar-refractivity contribution in [1.29, 1.82) is 0 Å². The van der Waals surface area contributed by atoms with Crippen molar-refractivity contribution in [2.45, 2.75) is 64.6 Å². The third kappa shape index (κ3) is 8.14. The van der Waals surface area contributed by atoms with Crippen LogP contribution >= 0.6 is 0 Å². The number of nitrogens with one attached hydrogen (secondary N) is 1. The lowest BCUT2D eigenvalue weighted by Gasteiger charge is -2.34. The van der Waals surface area contributed by atoms with E-state index in [1.807, 2.05) is 101 Å². The molecule has 4 aromatic rings. The zero-order chi connectivity index (χ0) is 31.9. The van der Waals surface area contributed by atoms with E-state index in [2.05, 4.69) is 5.32 Å². The average Bonchev–Trinajstić information content (AvgIpc) is 3.00. The molecule has 8 heteroatoms. The summed E-state index contributed by atoms with van der Waals surface area (Å²) in [6, 6.07) is 29.9. The van der Waals surface area contributed by atoms with Gasteiger partial charge in [0, 0.05) is 19.0 Å². The maximum Gasteiger partial charge on any atom is 0.264 e. The highest BCUT2D eigenvalue weighted by atomic mass is 32.2. The molecule has 44 heavy (non-hydrogen) atoms. The second-order valence-corrected chi connectivity index (χ2v) is 13.3. The minimum atomic E-state index is -4.14. The van der Waals surface area contributed by atoms with E-state index >= 15 is 0 Å². The number of anilines is 1. The van der Waals surface area contributed by atoms with Crippen molar-refractivity contribution >= 4 is 27.5 Å². The van der Waals surface area contributed by atoms with Crippen LogP contribution in [0.4, 0.5) is 5.69 Å². The van der Waals surface area contributed by atoms with Crippen LogP contribution < -0.4 is 9.62 Å². The Balaban J connectivity index is 1.81. The molecule has 4 aromatic carbocycles. The van der Waals surface area contributed by atoms with Crippen molar-refractivity contribution in [3.05, 3.63) is 131 Å². The van der Waals surface area contributed by atoms with Gasteiger partial charge in [-0.15, -0.1) is 0 Å². The molecule has 0 aliphatic rings. The molecule has 0 fully saturated rings. The van der Waals surface area contributed by atoms with Gasteiger partial charge in [0.25, 0.3) is 10.0 Å². The fourth-order valence-corrected chi connectivity index (χ4v) is 6.37. The monoisotopic (exact) mass is 611 g/mol. The largest absolute Gasteiger partial charge is 0.352 e. The van der Waals surface area contributed by atoms with Crippen molar-refractivity contribution in [3.8, 4) is 0 Å². The van der Waals surface area contributed by atoms with E-state index in [0.717, 1.165) is 32.1 Å². The summed E-state index contributed by atoms with van der Waals surface area (Å²) in [7, 11) is -4.14. The molecule has 0 aliphatic carbocycles. The highest BCUT2D eigenvalue weighted by molar-refractivity contribution is 7.92. The number of hydrogen-bond acceptors (Lipinski definition) is 4. The fraction of sp³-hybridized carbons (Fsp3) is 0.278. The Morgan fingerprint density at radius 1 is 0.750 bits per heavy atom. The van der Waals surface area contributed by atoms with Crippen molar-refractivity contribution in [2.24, 2.45) is 0 Å². The molecule has 0 aromatic heterocycles. The standard InChI is InChI=1S/C36H41N3O4S/c1-26(2)37-36(41)34(23-30-12-8-6-9-13-30)38(24-31-14-10-7-11-15-31)35(40)25-39(32-19-18-28(4)29(5)22-32)44(42,43)33-20-16-27(3)17-21-33/h6-22,26,34H,23-25H2,1-5H3,(H,37,41). The Bertz CT molecular complexity index is 1670. The first-order chi connectivity index (χ1) is 21.0. The zero-order valence-corrected chi connectivity index (χ0v) is 26.8. The lowest BCUT2D eigenvalue weighted by atomic mass is 10.0. The molecular formula is C36H41N3O4S. The predicted octanol–water partition coefficient (Wildman–Crippen LogP) is 5.97. The second kappa shape index (κ2) is 14.4. The molecule has 0 heterocycles. The summed E-state index contributed by atoms with van der Waals surface area (Å²) >= 11 is 0. The lowest BCUT2D eigenvalue weighted by molar-refractivity contribution is -0.140. The molecule has 1 atom stereocenters. The topological polar surface area (TPSA) is 86.8 Å². The summed E-state index contributed by atoms with van der Waals surface area (Å²) in [5.74, 6) is -0.783. The van der Waals surface area contributed by atoms with Crippen LogP contribution in [0.5, 0.6) is 0 Å². The highest BCUT2D eigenvalue weighted by Gasteiger charge is 2.35. The van der Waals surface area contributed by atoms with Gasteiger partial charge in [-0.05, 0) is 81.1 Å². The molecule has 230 valence electrons. The minimum Gasteiger partial charge on any atom is -0.352 e. The molecule has 0 aliphatic heterocycles. The molecule has 0 spiro atoms. The van der Waals surface area contributed by atoms with Crippen LogP contribution in [-0.4, -0.2) is 43.8 Å². The van der Waals surface area contributed by atoms with Crippen LogP contribution in [0.2, 0.25) is 0 Å². The Hall–Kier alpha value is -4.43. The molecule has 0 radical (unpaired) electrons. The van der Waals surface area contributed by atoms with Crippen LogP contribution in [0.15, 0.2) is 108 Å². The van der Waals surface area contributed by atoms with Gasteiger partial charge < -0.3 is 10.2 Å². The first-order valence-corrected chi connectivity index (χ1v) is 16.2. The average molecular weight is 612 g/mol. The second-order valence-electron chi connectivity index (χ2n) is 11.5. The maximum absolute atomic E-state index is 14.5. The van der Waals surface area contributed by atoms with Gasteiger partial charge in [0.1, 0.15) is 12.6 Å². The first-order valence-electron chi connectivity index (χ1n) is 14.8. The fourth-order valence-electron chi connectivity index (χ4n) is 4.96.